The second-order valence-corrected chi connectivity index (χ2v) is 7.18. The van der Waals surface area contributed by atoms with Crippen LogP contribution in [-0.4, -0.2) is 17.1 Å². The Kier molecular flexibility index (Phi) is 6.29. The summed E-state index contributed by atoms with van der Waals surface area (Å²) in [6.45, 7) is 4.09. The minimum atomic E-state index is -0.423. The summed E-state index contributed by atoms with van der Waals surface area (Å²) in [6, 6.07) is 15.9. The van der Waals surface area contributed by atoms with Crippen molar-refractivity contribution in [3.05, 3.63) is 71.7 Å². The van der Waals surface area contributed by atoms with E-state index in [2.05, 4.69) is 9.97 Å². The molecule has 0 spiro atoms. The molecule has 0 aliphatic carbocycles. The van der Waals surface area contributed by atoms with Crippen molar-refractivity contribution in [1.29, 1.82) is 0 Å². The molecule has 0 bridgehead atoms. The van der Waals surface area contributed by atoms with E-state index in [0.29, 0.717) is 16.8 Å². The first-order valence-electron chi connectivity index (χ1n) is 8.62. The number of ether oxygens (including phenoxy) is 2. The quantitative estimate of drug-likeness (QED) is 0.379. The molecule has 0 fully saturated rings. The fourth-order valence-electron chi connectivity index (χ4n) is 2.38. The van der Waals surface area contributed by atoms with Gasteiger partial charge in [0.25, 0.3) is 0 Å². The summed E-state index contributed by atoms with van der Waals surface area (Å²) in [4.78, 5) is 9.04. The minimum Gasteiger partial charge on any atom is -0.497 e. The lowest BCUT2D eigenvalue weighted by molar-refractivity contribution is 0.414. The van der Waals surface area contributed by atoms with Gasteiger partial charge in [-0.2, -0.15) is 4.98 Å². The lowest BCUT2D eigenvalue weighted by Crippen LogP contribution is -2.00. The molecule has 0 saturated heterocycles. The number of nitrogens with zero attached hydrogens (tertiary/aromatic N) is 2. The van der Waals surface area contributed by atoms with Gasteiger partial charge in [0.1, 0.15) is 5.75 Å². The van der Waals surface area contributed by atoms with Crippen molar-refractivity contribution in [1.82, 2.24) is 9.97 Å². The van der Waals surface area contributed by atoms with Crippen LogP contribution in [0.25, 0.3) is 0 Å². The fourth-order valence-corrected chi connectivity index (χ4v) is 3.18. The molecule has 3 aromatic rings. The molecule has 4 nitrogen and oxygen atoms in total. The molecule has 1 aromatic heterocycles. The van der Waals surface area contributed by atoms with Crippen LogP contribution < -0.4 is 9.47 Å². The molecule has 2 aromatic carbocycles. The Morgan fingerprint density at radius 3 is 2.59 bits per heavy atom. The Morgan fingerprint density at radius 1 is 1.04 bits per heavy atom. The third-order valence-corrected chi connectivity index (χ3v) is 4.77. The summed E-state index contributed by atoms with van der Waals surface area (Å²) in [5, 5.41) is 0.593. The van der Waals surface area contributed by atoms with E-state index in [1.807, 2.05) is 38.1 Å². The monoisotopic (exact) mass is 384 g/mol. The molecule has 0 radical (unpaired) electrons. The van der Waals surface area contributed by atoms with Crippen LogP contribution in [-0.2, 0) is 5.75 Å². The maximum atomic E-state index is 13.9. The van der Waals surface area contributed by atoms with Gasteiger partial charge in [0.2, 0.25) is 5.88 Å². The molecule has 140 valence electrons. The zero-order chi connectivity index (χ0) is 19.2. The van der Waals surface area contributed by atoms with Crippen molar-refractivity contribution in [2.75, 3.05) is 7.11 Å². The van der Waals surface area contributed by atoms with E-state index < -0.39 is 5.82 Å². The summed E-state index contributed by atoms with van der Waals surface area (Å²) in [6.07, 6.45) is 0. The highest BCUT2D eigenvalue weighted by Gasteiger charge is 2.12. The molecule has 0 atom stereocenters. The molecule has 0 aliphatic heterocycles. The lowest BCUT2D eigenvalue weighted by atomic mass is 10.1. The van der Waals surface area contributed by atoms with Crippen LogP contribution in [0.2, 0.25) is 0 Å². The first kappa shape index (κ1) is 19.2. The average molecular weight is 384 g/mol. The summed E-state index contributed by atoms with van der Waals surface area (Å²) in [7, 11) is 1.65. The van der Waals surface area contributed by atoms with Crippen LogP contribution in [0.15, 0.2) is 59.8 Å². The SMILES string of the molecule is COc1cccc(CSc2nc(Oc3ccccc3F)cc(C(C)C)n2)c1. The summed E-state index contributed by atoms with van der Waals surface area (Å²) >= 11 is 1.50. The second kappa shape index (κ2) is 8.86. The van der Waals surface area contributed by atoms with Crippen molar-refractivity contribution in [3.63, 3.8) is 0 Å². The van der Waals surface area contributed by atoms with Crippen molar-refractivity contribution < 1.29 is 13.9 Å². The zero-order valence-electron chi connectivity index (χ0n) is 15.5. The summed E-state index contributed by atoms with van der Waals surface area (Å²) in [5.41, 5.74) is 1.96. The molecular weight excluding hydrogens is 363 g/mol. The number of benzene rings is 2. The predicted molar refractivity (Wildman–Crippen MR) is 105 cm³/mol. The number of hydrogen-bond acceptors (Lipinski definition) is 5. The fraction of sp³-hybridized carbons (Fsp3) is 0.238. The predicted octanol–water partition coefficient (Wildman–Crippen LogP) is 5.83. The molecule has 6 heteroatoms. The van der Waals surface area contributed by atoms with Gasteiger partial charge in [-0.05, 0) is 35.7 Å². The average Bonchev–Trinajstić information content (AvgIpc) is 2.68. The van der Waals surface area contributed by atoms with E-state index >= 15 is 0 Å². The number of hydrogen-bond donors (Lipinski definition) is 0. The van der Waals surface area contributed by atoms with Gasteiger partial charge in [-0.15, -0.1) is 0 Å². The standard InChI is InChI=1S/C21H21FN2O2S/c1-14(2)18-12-20(26-19-10-5-4-9-17(19)22)24-21(23-18)27-13-15-7-6-8-16(11-15)25-3/h4-12,14H,13H2,1-3H3. The molecule has 0 N–H and O–H groups in total. The molecule has 0 amide bonds. The Bertz CT molecular complexity index is 918. The van der Waals surface area contributed by atoms with Crippen LogP contribution in [0.4, 0.5) is 4.39 Å². The first-order chi connectivity index (χ1) is 13.0. The van der Waals surface area contributed by atoms with Crippen LogP contribution in [0.1, 0.15) is 31.0 Å². The number of para-hydroxylation sites is 1. The number of thioether (sulfide) groups is 1. The Morgan fingerprint density at radius 2 is 1.85 bits per heavy atom. The Hall–Kier alpha value is -2.60. The van der Waals surface area contributed by atoms with Crippen molar-refractivity contribution in [2.24, 2.45) is 0 Å². The molecular formula is C21H21FN2O2S. The lowest BCUT2D eigenvalue weighted by Gasteiger charge is -2.11. The van der Waals surface area contributed by atoms with E-state index in [1.165, 1.54) is 17.8 Å². The van der Waals surface area contributed by atoms with Gasteiger partial charge in [0.15, 0.2) is 16.7 Å². The maximum absolute atomic E-state index is 13.9. The van der Waals surface area contributed by atoms with Crippen molar-refractivity contribution >= 4 is 11.8 Å². The third-order valence-electron chi connectivity index (χ3n) is 3.85. The Labute approximate surface area is 162 Å². The van der Waals surface area contributed by atoms with Crippen LogP contribution >= 0.6 is 11.8 Å². The largest absolute Gasteiger partial charge is 0.497 e. The highest BCUT2D eigenvalue weighted by molar-refractivity contribution is 7.98. The van der Waals surface area contributed by atoms with Crippen LogP contribution in [0.3, 0.4) is 0 Å². The molecule has 3 rings (SSSR count). The van der Waals surface area contributed by atoms with E-state index in [4.69, 9.17) is 9.47 Å². The third kappa shape index (κ3) is 5.20. The van der Waals surface area contributed by atoms with E-state index in [1.54, 1.807) is 31.4 Å². The highest BCUT2D eigenvalue weighted by Crippen LogP contribution is 2.29. The van der Waals surface area contributed by atoms with Crippen LogP contribution in [0.5, 0.6) is 17.4 Å². The first-order valence-corrected chi connectivity index (χ1v) is 9.61. The van der Waals surface area contributed by atoms with Gasteiger partial charge in [-0.1, -0.05) is 49.9 Å². The molecule has 27 heavy (non-hydrogen) atoms. The van der Waals surface area contributed by atoms with Gasteiger partial charge in [0.05, 0.1) is 12.8 Å². The number of aromatic nitrogens is 2. The van der Waals surface area contributed by atoms with Gasteiger partial charge in [0, 0.05) is 11.8 Å². The van der Waals surface area contributed by atoms with Gasteiger partial charge in [-0.25, -0.2) is 9.37 Å². The summed E-state index contributed by atoms with van der Waals surface area (Å²) < 4.78 is 24.8. The van der Waals surface area contributed by atoms with E-state index in [9.17, 15) is 4.39 Å². The smallest absolute Gasteiger partial charge is 0.223 e. The molecule has 0 aliphatic rings. The minimum absolute atomic E-state index is 0.148. The Balaban J connectivity index is 1.81. The summed E-state index contributed by atoms with van der Waals surface area (Å²) in [5.74, 6) is 1.77. The van der Waals surface area contributed by atoms with E-state index in [-0.39, 0.29) is 11.7 Å². The topological polar surface area (TPSA) is 44.2 Å². The molecule has 0 saturated carbocycles. The van der Waals surface area contributed by atoms with Gasteiger partial charge < -0.3 is 9.47 Å². The van der Waals surface area contributed by atoms with Crippen molar-refractivity contribution in [2.45, 2.75) is 30.7 Å². The maximum Gasteiger partial charge on any atom is 0.223 e. The molecule has 0 unspecified atom stereocenters. The number of rotatable bonds is 7. The van der Waals surface area contributed by atoms with Crippen molar-refractivity contribution in [3.8, 4) is 17.4 Å². The van der Waals surface area contributed by atoms with Crippen LogP contribution in [0, 0.1) is 5.82 Å². The normalized spacial score (nSPS) is 10.9. The highest BCUT2D eigenvalue weighted by atomic mass is 32.2. The second-order valence-electron chi connectivity index (χ2n) is 6.24. The number of halogens is 1. The van der Waals surface area contributed by atoms with Gasteiger partial charge >= 0.3 is 0 Å². The van der Waals surface area contributed by atoms with E-state index in [0.717, 1.165) is 17.0 Å². The molecule has 1 heterocycles. The van der Waals surface area contributed by atoms with Gasteiger partial charge in [-0.3, -0.25) is 0 Å². The zero-order valence-corrected chi connectivity index (χ0v) is 16.3. The number of methoxy groups -OCH3 is 1.